The van der Waals surface area contributed by atoms with Crippen LogP contribution < -0.4 is 0 Å². The molecule has 0 radical (unpaired) electrons. The summed E-state index contributed by atoms with van der Waals surface area (Å²) in [5.74, 6) is 3.60. The Morgan fingerprint density at radius 2 is 0.636 bits per heavy atom. The molecule has 2 heterocycles. The van der Waals surface area contributed by atoms with Crippen LogP contribution in [0.3, 0.4) is 0 Å². The molecule has 10 rings (SSSR count). The van der Waals surface area contributed by atoms with Gasteiger partial charge in [-0.25, -0.2) is 29.9 Å². The summed E-state index contributed by atoms with van der Waals surface area (Å²) in [5, 5.41) is 9.91. The lowest BCUT2D eigenvalue weighted by molar-refractivity contribution is 1.07. The van der Waals surface area contributed by atoms with Gasteiger partial charge in [-0.3, -0.25) is 0 Å². The number of benzene rings is 8. The summed E-state index contributed by atoms with van der Waals surface area (Å²) < 4.78 is 0. The summed E-state index contributed by atoms with van der Waals surface area (Å²) in [4.78, 5) is 30.2. The van der Waals surface area contributed by atoms with Gasteiger partial charge in [0, 0.05) is 33.4 Å². The van der Waals surface area contributed by atoms with Crippen LogP contribution in [0.2, 0.25) is 0 Å². The molecule has 0 N–H and O–H groups in total. The zero-order valence-corrected chi connectivity index (χ0v) is 37.0. The summed E-state index contributed by atoms with van der Waals surface area (Å²) in [7, 11) is 0. The van der Waals surface area contributed by atoms with Crippen molar-refractivity contribution < 1.29 is 0 Å². The van der Waals surface area contributed by atoms with Gasteiger partial charge in [0.25, 0.3) is 0 Å². The van der Waals surface area contributed by atoms with Gasteiger partial charge >= 0.3 is 0 Å². The second-order valence-corrected chi connectivity index (χ2v) is 16.6. The second kappa shape index (κ2) is 17.8. The highest BCUT2D eigenvalue weighted by Crippen LogP contribution is 2.39. The fraction of sp³-hybridized carbons (Fsp3) is 0.0678. The minimum atomic E-state index is 0.572. The van der Waals surface area contributed by atoms with Gasteiger partial charge in [-0.2, -0.15) is 5.26 Å². The molecule has 0 aliphatic rings. The number of rotatable bonds is 9. The van der Waals surface area contributed by atoms with E-state index in [1.807, 2.05) is 91.0 Å². The molecule has 0 atom stereocenters. The van der Waals surface area contributed by atoms with Crippen molar-refractivity contribution in [3.63, 3.8) is 0 Å². The fourth-order valence-corrected chi connectivity index (χ4v) is 8.10. The first-order chi connectivity index (χ1) is 32.3. The Kier molecular flexibility index (Phi) is 11.1. The van der Waals surface area contributed by atoms with Crippen molar-refractivity contribution in [3.8, 4) is 108 Å². The molecule has 0 fully saturated rings. The van der Waals surface area contributed by atoms with Crippen LogP contribution >= 0.6 is 0 Å². The third-order valence-electron chi connectivity index (χ3n) is 12.1. The van der Waals surface area contributed by atoms with Crippen LogP contribution in [0.5, 0.6) is 0 Å². The monoisotopic (exact) mass is 849 g/mol. The van der Waals surface area contributed by atoms with Crippen LogP contribution in [0, 0.1) is 39.0 Å². The van der Waals surface area contributed by atoms with Crippen LogP contribution in [-0.2, 0) is 0 Å². The second-order valence-electron chi connectivity index (χ2n) is 16.6. The van der Waals surface area contributed by atoms with E-state index in [1.165, 1.54) is 22.3 Å². The average molecular weight is 850 g/mol. The number of aromatic nitrogens is 6. The Labute approximate surface area is 384 Å². The van der Waals surface area contributed by atoms with Gasteiger partial charge in [-0.05, 0) is 126 Å². The van der Waals surface area contributed by atoms with Crippen LogP contribution in [0.1, 0.15) is 27.8 Å². The first-order valence-electron chi connectivity index (χ1n) is 21.9. The van der Waals surface area contributed by atoms with E-state index in [4.69, 9.17) is 29.9 Å². The molecule has 8 aromatic carbocycles. The lowest BCUT2D eigenvalue weighted by atomic mass is 9.89. The average Bonchev–Trinajstić information content (AvgIpc) is 3.38. The molecule has 0 saturated carbocycles. The van der Waals surface area contributed by atoms with E-state index in [0.29, 0.717) is 40.5 Å². The number of hydrogen-bond acceptors (Lipinski definition) is 7. The van der Waals surface area contributed by atoms with Crippen LogP contribution in [0.4, 0.5) is 0 Å². The minimum Gasteiger partial charge on any atom is -0.208 e. The summed E-state index contributed by atoms with van der Waals surface area (Å²) in [6.07, 6.45) is 0. The Morgan fingerprint density at radius 3 is 1.12 bits per heavy atom. The molecule has 0 spiro atoms. The number of nitrogens with zero attached hydrogens (tertiary/aromatic N) is 7. The first kappa shape index (κ1) is 41.3. The molecule has 0 bridgehead atoms. The summed E-state index contributed by atoms with van der Waals surface area (Å²) >= 11 is 0. The molecule has 0 unspecified atom stereocenters. The Balaban J connectivity index is 1.10. The number of aryl methyl sites for hydroxylation is 4. The largest absolute Gasteiger partial charge is 0.208 e. The Bertz CT molecular complexity index is 3480. The highest BCUT2D eigenvalue weighted by molar-refractivity contribution is 5.89. The lowest BCUT2D eigenvalue weighted by Gasteiger charge is -2.15. The van der Waals surface area contributed by atoms with Crippen LogP contribution in [-0.4, -0.2) is 29.9 Å². The zero-order valence-electron chi connectivity index (χ0n) is 37.0. The van der Waals surface area contributed by atoms with Crippen molar-refractivity contribution in [2.75, 3.05) is 0 Å². The van der Waals surface area contributed by atoms with Crippen LogP contribution in [0.15, 0.2) is 188 Å². The molecule has 0 aliphatic heterocycles. The van der Waals surface area contributed by atoms with Gasteiger partial charge < -0.3 is 0 Å². The molecular formula is C59H43N7. The number of nitriles is 1. The molecule has 0 saturated heterocycles. The predicted molar refractivity (Wildman–Crippen MR) is 266 cm³/mol. The number of hydrogen-bond donors (Lipinski definition) is 0. The topological polar surface area (TPSA) is 101 Å². The lowest BCUT2D eigenvalue weighted by Crippen LogP contribution is -2.01. The van der Waals surface area contributed by atoms with E-state index in [9.17, 15) is 5.26 Å². The summed E-state index contributed by atoms with van der Waals surface area (Å²) in [5.41, 5.74) is 16.7. The smallest absolute Gasteiger partial charge is 0.164 e. The standard InChI is InChI=1S/C59H43N7/c1-37-24-26-50(30-39(37)3)58-63-54(42-15-7-5-8-16-42)61-56(65-58)48-22-12-19-44(33-48)45-28-29-52(46-20-11-14-41(32-46)36-60)53(35-45)47-21-13-23-49(34-47)57-62-55(43-17-9-6-10-18-43)64-59(66-57)51-27-25-38(2)40(4)31-51/h5-35H,1-4H3. The molecule has 2 aromatic heterocycles. The fourth-order valence-electron chi connectivity index (χ4n) is 8.10. The zero-order chi connectivity index (χ0) is 45.1. The third-order valence-corrected chi connectivity index (χ3v) is 12.1. The van der Waals surface area contributed by atoms with E-state index < -0.39 is 0 Å². The molecule has 314 valence electrons. The quantitative estimate of drug-likeness (QED) is 0.143. The normalized spacial score (nSPS) is 11.0. The molecule has 7 nitrogen and oxygen atoms in total. The van der Waals surface area contributed by atoms with Crippen molar-refractivity contribution in [1.29, 1.82) is 5.26 Å². The van der Waals surface area contributed by atoms with Gasteiger partial charge in [-0.15, -0.1) is 0 Å². The molecular weight excluding hydrogens is 807 g/mol. The maximum absolute atomic E-state index is 9.91. The molecule has 7 heteroatoms. The maximum Gasteiger partial charge on any atom is 0.164 e. The van der Waals surface area contributed by atoms with Crippen LogP contribution in [0.25, 0.3) is 102 Å². The molecule has 10 aromatic rings. The first-order valence-corrected chi connectivity index (χ1v) is 21.9. The van der Waals surface area contributed by atoms with E-state index in [1.54, 1.807) is 0 Å². The minimum absolute atomic E-state index is 0.572. The van der Waals surface area contributed by atoms with Crippen molar-refractivity contribution in [1.82, 2.24) is 29.9 Å². The van der Waals surface area contributed by atoms with Crippen molar-refractivity contribution in [2.24, 2.45) is 0 Å². The Hall–Kier alpha value is -8.73. The third kappa shape index (κ3) is 8.51. The van der Waals surface area contributed by atoms with Gasteiger partial charge in [0.2, 0.25) is 0 Å². The van der Waals surface area contributed by atoms with E-state index in [2.05, 4.69) is 131 Å². The SMILES string of the molecule is Cc1ccc(-c2nc(-c3ccccc3)nc(-c3cccc(-c4ccc(-c5cccc(C#N)c5)c(-c5cccc(-c6nc(-c7ccccc7)nc(-c7ccc(C)c(C)c7)n6)c5)c4)c3)n2)cc1C. The highest BCUT2D eigenvalue weighted by Gasteiger charge is 2.18. The maximum atomic E-state index is 9.91. The van der Waals surface area contributed by atoms with Gasteiger partial charge in [-0.1, -0.05) is 146 Å². The van der Waals surface area contributed by atoms with Crippen molar-refractivity contribution >= 4 is 0 Å². The molecule has 0 amide bonds. The summed E-state index contributed by atoms with van der Waals surface area (Å²) in [6, 6.07) is 66.0. The Morgan fingerprint density at radius 1 is 0.273 bits per heavy atom. The van der Waals surface area contributed by atoms with Crippen molar-refractivity contribution in [2.45, 2.75) is 27.7 Å². The van der Waals surface area contributed by atoms with Gasteiger partial charge in [0.05, 0.1) is 11.6 Å². The van der Waals surface area contributed by atoms with E-state index >= 15 is 0 Å². The molecule has 66 heavy (non-hydrogen) atoms. The summed E-state index contributed by atoms with van der Waals surface area (Å²) in [6.45, 7) is 8.43. The molecule has 0 aliphatic carbocycles. The van der Waals surface area contributed by atoms with Gasteiger partial charge in [0.15, 0.2) is 34.9 Å². The highest BCUT2D eigenvalue weighted by atomic mass is 15.0. The van der Waals surface area contributed by atoms with Crippen molar-refractivity contribution in [3.05, 3.63) is 216 Å². The predicted octanol–water partition coefficient (Wildman–Crippen LogP) is 14.2. The van der Waals surface area contributed by atoms with Gasteiger partial charge in [0.1, 0.15) is 0 Å². The van der Waals surface area contributed by atoms with E-state index in [-0.39, 0.29) is 0 Å². The van der Waals surface area contributed by atoms with E-state index in [0.717, 1.165) is 66.8 Å².